The molecule has 0 saturated heterocycles. The molecule has 0 aromatic heterocycles. The Morgan fingerprint density at radius 2 is 1.60 bits per heavy atom. The highest BCUT2D eigenvalue weighted by molar-refractivity contribution is 7.95. The molecule has 5 nitrogen and oxygen atoms in total. The van der Waals surface area contributed by atoms with Gasteiger partial charge in [0.2, 0.25) is 0 Å². The van der Waals surface area contributed by atoms with Crippen molar-refractivity contribution in [2.75, 3.05) is 22.2 Å². The summed E-state index contributed by atoms with van der Waals surface area (Å²) in [6.45, 7) is 2.32. The van der Waals surface area contributed by atoms with Crippen LogP contribution in [0.25, 0.3) is 0 Å². The molecule has 2 aromatic rings. The van der Waals surface area contributed by atoms with Crippen LogP contribution in [0.15, 0.2) is 48.5 Å². The molecular weight excluding hydrogens is 365 g/mol. The van der Waals surface area contributed by atoms with Crippen molar-refractivity contribution in [1.29, 1.82) is 0 Å². The molecule has 1 heterocycles. The predicted octanol–water partition coefficient (Wildman–Crippen LogP) is 3.45. The van der Waals surface area contributed by atoms with Gasteiger partial charge in [-0.05, 0) is 44.7 Å². The smallest absolute Gasteiger partial charge is 0.317 e. The molecule has 0 amide bonds. The molecule has 0 saturated carbocycles. The topological polar surface area (TPSA) is 52.6 Å². The maximum absolute atomic E-state index is 14.2. The van der Waals surface area contributed by atoms with E-state index in [0.29, 0.717) is 24.3 Å². The van der Waals surface area contributed by atoms with Gasteiger partial charge in [0.15, 0.2) is 0 Å². The molecule has 136 valence electrons. The van der Waals surface area contributed by atoms with Crippen LogP contribution in [0.3, 0.4) is 0 Å². The molecule has 0 spiro atoms. The van der Waals surface area contributed by atoms with E-state index in [1.165, 1.54) is 16.4 Å². The number of fused-ring (bicyclic) bond motifs is 1. The van der Waals surface area contributed by atoms with Gasteiger partial charge >= 0.3 is 10.2 Å². The molecule has 3 rings (SSSR count). The van der Waals surface area contributed by atoms with Crippen LogP contribution in [0, 0.1) is 5.82 Å². The Labute approximate surface area is 154 Å². The Balaban J connectivity index is 0.00000225. The van der Waals surface area contributed by atoms with E-state index in [1.54, 1.807) is 36.4 Å². The summed E-state index contributed by atoms with van der Waals surface area (Å²) < 4.78 is 42.8. The van der Waals surface area contributed by atoms with Crippen LogP contribution >= 0.6 is 12.4 Å². The summed E-state index contributed by atoms with van der Waals surface area (Å²) >= 11 is 0. The molecule has 8 heteroatoms. The summed E-state index contributed by atoms with van der Waals surface area (Å²) in [5.41, 5.74) is 1.08. The van der Waals surface area contributed by atoms with Gasteiger partial charge in [-0.15, -0.1) is 12.4 Å². The number of hydrogen-bond acceptors (Lipinski definition) is 3. The van der Waals surface area contributed by atoms with Crippen molar-refractivity contribution >= 4 is 39.7 Å². The van der Waals surface area contributed by atoms with E-state index in [0.717, 1.165) is 4.31 Å². The fraction of sp³-hybridized carbons (Fsp3) is 0.294. The second-order valence-electron chi connectivity index (χ2n) is 5.76. The number of benzene rings is 2. The molecule has 2 aromatic carbocycles. The fourth-order valence-corrected chi connectivity index (χ4v) is 4.49. The van der Waals surface area contributed by atoms with E-state index < -0.39 is 16.0 Å². The molecule has 1 atom stereocenters. The quantitative estimate of drug-likeness (QED) is 0.857. The van der Waals surface area contributed by atoms with Crippen LogP contribution in [0.1, 0.15) is 13.3 Å². The monoisotopic (exact) mass is 385 g/mol. The van der Waals surface area contributed by atoms with Gasteiger partial charge in [-0.1, -0.05) is 24.3 Å². The zero-order chi connectivity index (χ0) is 17.3. The van der Waals surface area contributed by atoms with Crippen LogP contribution in [0.5, 0.6) is 0 Å². The molecule has 0 bridgehead atoms. The summed E-state index contributed by atoms with van der Waals surface area (Å²) in [5.74, 6) is -0.568. The number of para-hydroxylation sites is 3. The van der Waals surface area contributed by atoms with Gasteiger partial charge in [-0.3, -0.25) is 4.31 Å². The molecular formula is C17H21ClFN3O2S. The van der Waals surface area contributed by atoms with Crippen molar-refractivity contribution < 1.29 is 12.8 Å². The molecule has 0 fully saturated rings. The minimum Gasteiger partial charge on any atom is -0.317 e. The average Bonchev–Trinajstić information content (AvgIpc) is 2.79. The van der Waals surface area contributed by atoms with Crippen molar-refractivity contribution in [3.05, 3.63) is 54.3 Å². The molecule has 1 aliphatic rings. The Bertz CT molecular complexity index is 847. The zero-order valence-electron chi connectivity index (χ0n) is 14.0. The predicted molar refractivity (Wildman–Crippen MR) is 102 cm³/mol. The van der Waals surface area contributed by atoms with Crippen molar-refractivity contribution in [2.45, 2.75) is 19.4 Å². The van der Waals surface area contributed by atoms with Crippen LogP contribution in [-0.4, -0.2) is 28.1 Å². The lowest BCUT2D eigenvalue weighted by molar-refractivity contribution is 0.560. The molecule has 1 unspecified atom stereocenters. The van der Waals surface area contributed by atoms with Gasteiger partial charge in [0.1, 0.15) is 5.82 Å². The van der Waals surface area contributed by atoms with E-state index in [2.05, 4.69) is 5.32 Å². The second-order valence-corrected chi connectivity index (χ2v) is 7.46. The maximum Gasteiger partial charge on any atom is 0.331 e. The van der Waals surface area contributed by atoms with Crippen LogP contribution in [0.2, 0.25) is 0 Å². The van der Waals surface area contributed by atoms with Crippen LogP contribution < -0.4 is 13.9 Å². The highest BCUT2D eigenvalue weighted by atomic mass is 35.5. The number of halogens is 2. The molecule has 0 radical (unpaired) electrons. The zero-order valence-corrected chi connectivity index (χ0v) is 15.6. The van der Waals surface area contributed by atoms with Gasteiger partial charge in [0.05, 0.1) is 17.1 Å². The standard InChI is InChI=1S/C17H20FN3O2S.ClH/c1-13(19-2)11-12-20-16-9-5-6-10-17(16)21(24(20,22)23)15-8-4-3-7-14(15)18;/h3-10,13,19H,11-12H2,1-2H3;1H. The Hall–Kier alpha value is -1.83. The third-order valence-corrected chi connectivity index (χ3v) is 6.00. The van der Waals surface area contributed by atoms with Gasteiger partial charge in [-0.25, -0.2) is 8.70 Å². The lowest BCUT2D eigenvalue weighted by atomic mass is 10.2. The molecule has 25 heavy (non-hydrogen) atoms. The van der Waals surface area contributed by atoms with Crippen LogP contribution in [-0.2, 0) is 10.2 Å². The van der Waals surface area contributed by atoms with Crippen molar-refractivity contribution in [1.82, 2.24) is 5.32 Å². The third kappa shape index (κ3) is 3.44. The largest absolute Gasteiger partial charge is 0.331 e. The first-order chi connectivity index (χ1) is 11.5. The van der Waals surface area contributed by atoms with E-state index in [4.69, 9.17) is 0 Å². The number of nitrogens with zero attached hydrogens (tertiary/aromatic N) is 2. The van der Waals surface area contributed by atoms with Crippen LogP contribution in [0.4, 0.5) is 21.5 Å². The molecule has 1 N–H and O–H groups in total. The van der Waals surface area contributed by atoms with E-state index >= 15 is 0 Å². The van der Waals surface area contributed by atoms with Gasteiger partial charge < -0.3 is 5.32 Å². The Morgan fingerprint density at radius 3 is 2.20 bits per heavy atom. The fourth-order valence-electron chi connectivity index (χ4n) is 2.76. The van der Waals surface area contributed by atoms with E-state index in [1.807, 2.05) is 14.0 Å². The summed E-state index contributed by atoms with van der Waals surface area (Å²) in [4.78, 5) is 0. The molecule has 1 aliphatic heterocycles. The van der Waals surface area contributed by atoms with Crippen molar-refractivity contribution in [3.8, 4) is 0 Å². The number of anilines is 3. The van der Waals surface area contributed by atoms with Gasteiger partial charge in [0.25, 0.3) is 0 Å². The first-order valence-corrected chi connectivity index (χ1v) is 9.20. The Morgan fingerprint density at radius 1 is 1.04 bits per heavy atom. The number of nitrogens with one attached hydrogen (secondary N) is 1. The normalized spacial score (nSPS) is 16.3. The maximum atomic E-state index is 14.2. The van der Waals surface area contributed by atoms with E-state index in [9.17, 15) is 12.8 Å². The molecule has 0 aliphatic carbocycles. The highest BCUT2D eigenvalue weighted by Crippen LogP contribution is 2.45. The first kappa shape index (κ1) is 19.5. The second kappa shape index (κ2) is 7.59. The Kier molecular flexibility index (Phi) is 5.92. The van der Waals surface area contributed by atoms with Gasteiger partial charge in [0, 0.05) is 12.6 Å². The first-order valence-electron chi connectivity index (χ1n) is 7.80. The van der Waals surface area contributed by atoms with Gasteiger partial charge in [-0.2, -0.15) is 8.42 Å². The lowest BCUT2D eigenvalue weighted by Gasteiger charge is -2.23. The van der Waals surface area contributed by atoms with E-state index in [-0.39, 0.29) is 24.1 Å². The lowest BCUT2D eigenvalue weighted by Crippen LogP contribution is -2.38. The summed E-state index contributed by atoms with van der Waals surface area (Å²) in [6.07, 6.45) is 0.648. The number of hydrogen-bond donors (Lipinski definition) is 1. The number of rotatable bonds is 5. The highest BCUT2D eigenvalue weighted by Gasteiger charge is 2.41. The SMILES string of the molecule is CNC(C)CCN1c2ccccc2N(c2ccccc2F)S1(=O)=O.Cl. The average molecular weight is 386 g/mol. The summed E-state index contributed by atoms with van der Waals surface area (Å²) in [6, 6.07) is 13.1. The third-order valence-electron chi connectivity index (χ3n) is 4.21. The minimum atomic E-state index is -3.87. The van der Waals surface area contributed by atoms with Crippen molar-refractivity contribution in [2.24, 2.45) is 0 Å². The summed E-state index contributed by atoms with van der Waals surface area (Å²) in [7, 11) is -2.03. The summed E-state index contributed by atoms with van der Waals surface area (Å²) in [5, 5.41) is 3.10. The van der Waals surface area contributed by atoms with Crippen molar-refractivity contribution in [3.63, 3.8) is 0 Å². The minimum absolute atomic E-state index is 0.